The van der Waals surface area contributed by atoms with E-state index in [4.69, 9.17) is 4.42 Å². The Morgan fingerprint density at radius 1 is 0.677 bits per heavy atom. The number of rotatable bonds is 1. The molecule has 0 unspecified atom stereocenters. The summed E-state index contributed by atoms with van der Waals surface area (Å²) in [5.74, 6) is 0. The number of anilines is 3. The van der Waals surface area contributed by atoms with Crippen LogP contribution in [-0.2, 0) is 5.41 Å². The van der Waals surface area contributed by atoms with Gasteiger partial charge in [0, 0.05) is 21.9 Å². The van der Waals surface area contributed by atoms with Gasteiger partial charge in [0.05, 0.1) is 16.8 Å². The van der Waals surface area contributed by atoms with Gasteiger partial charge in [-0.2, -0.15) is 0 Å². The molecule has 0 bridgehead atoms. The molecule has 3 heteroatoms. The van der Waals surface area contributed by atoms with E-state index in [9.17, 15) is 4.79 Å². The van der Waals surface area contributed by atoms with E-state index in [1.165, 1.54) is 11.1 Å². The van der Waals surface area contributed by atoms with Crippen LogP contribution in [0, 0.1) is 0 Å². The SMILES string of the molecule is CC1(C)c2ccccc2N(c2ccc3c(=O)oc4ccccc4c3c2)c2ccccc21. The first-order chi connectivity index (χ1) is 15.1. The summed E-state index contributed by atoms with van der Waals surface area (Å²) in [4.78, 5) is 14.9. The van der Waals surface area contributed by atoms with Crippen LogP contribution in [0.3, 0.4) is 0 Å². The Kier molecular flexibility index (Phi) is 3.66. The molecule has 2 heterocycles. The maximum atomic E-state index is 12.6. The maximum Gasteiger partial charge on any atom is 0.344 e. The second-order valence-electron chi connectivity index (χ2n) is 8.61. The van der Waals surface area contributed by atoms with Gasteiger partial charge in [0.15, 0.2) is 0 Å². The van der Waals surface area contributed by atoms with Gasteiger partial charge in [0.2, 0.25) is 0 Å². The lowest BCUT2D eigenvalue weighted by molar-refractivity contribution is 0.569. The zero-order valence-electron chi connectivity index (χ0n) is 17.4. The van der Waals surface area contributed by atoms with E-state index in [1.54, 1.807) is 0 Å². The Hall–Kier alpha value is -3.85. The minimum absolute atomic E-state index is 0.103. The molecule has 4 aromatic carbocycles. The Morgan fingerprint density at radius 2 is 1.29 bits per heavy atom. The lowest BCUT2D eigenvalue weighted by Gasteiger charge is -2.42. The summed E-state index contributed by atoms with van der Waals surface area (Å²) in [6, 6.07) is 30.9. The lowest BCUT2D eigenvalue weighted by atomic mass is 9.73. The van der Waals surface area contributed by atoms with Crippen molar-refractivity contribution in [1.82, 2.24) is 0 Å². The second kappa shape index (κ2) is 6.32. The average molecular weight is 403 g/mol. The summed E-state index contributed by atoms with van der Waals surface area (Å²) in [5.41, 5.74) is 6.12. The number of para-hydroxylation sites is 3. The molecule has 0 atom stereocenters. The molecular weight excluding hydrogens is 382 g/mol. The predicted molar refractivity (Wildman–Crippen MR) is 127 cm³/mol. The molecule has 1 aromatic heterocycles. The minimum Gasteiger partial charge on any atom is -0.422 e. The molecule has 31 heavy (non-hydrogen) atoms. The highest BCUT2D eigenvalue weighted by molar-refractivity contribution is 6.06. The Labute approximate surface area is 180 Å². The fraction of sp³-hybridized carbons (Fsp3) is 0.107. The third kappa shape index (κ3) is 2.50. The Morgan fingerprint density at radius 3 is 2.00 bits per heavy atom. The molecule has 3 nitrogen and oxygen atoms in total. The molecule has 0 saturated carbocycles. The van der Waals surface area contributed by atoms with Crippen LogP contribution in [0.25, 0.3) is 21.7 Å². The van der Waals surface area contributed by atoms with Crippen molar-refractivity contribution in [3.05, 3.63) is 113 Å². The molecule has 0 radical (unpaired) electrons. The average Bonchev–Trinajstić information content (AvgIpc) is 2.79. The van der Waals surface area contributed by atoms with Crippen molar-refractivity contribution in [2.75, 3.05) is 4.90 Å². The zero-order chi connectivity index (χ0) is 21.2. The van der Waals surface area contributed by atoms with Crippen molar-refractivity contribution in [2.24, 2.45) is 0 Å². The van der Waals surface area contributed by atoms with Gasteiger partial charge in [-0.1, -0.05) is 68.4 Å². The summed E-state index contributed by atoms with van der Waals surface area (Å²) >= 11 is 0. The molecule has 1 aliphatic rings. The fourth-order valence-corrected chi connectivity index (χ4v) is 4.95. The first-order valence-electron chi connectivity index (χ1n) is 10.5. The molecule has 0 spiro atoms. The van der Waals surface area contributed by atoms with Gasteiger partial charge in [-0.25, -0.2) is 4.79 Å². The lowest BCUT2D eigenvalue weighted by Crippen LogP contribution is -2.30. The van der Waals surface area contributed by atoms with Gasteiger partial charge >= 0.3 is 5.63 Å². The Balaban J connectivity index is 1.69. The van der Waals surface area contributed by atoms with Gasteiger partial charge in [-0.3, -0.25) is 0 Å². The van der Waals surface area contributed by atoms with Crippen molar-refractivity contribution in [1.29, 1.82) is 0 Å². The highest BCUT2D eigenvalue weighted by atomic mass is 16.4. The zero-order valence-corrected chi connectivity index (χ0v) is 17.4. The molecule has 5 aromatic rings. The van der Waals surface area contributed by atoms with Gasteiger partial charge in [0.1, 0.15) is 5.58 Å². The van der Waals surface area contributed by atoms with Gasteiger partial charge < -0.3 is 9.32 Å². The fourth-order valence-electron chi connectivity index (χ4n) is 4.95. The van der Waals surface area contributed by atoms with E-state index in [-0.39, 0.29) is 11.0 Å². The Bertz CT molecular complexity index is 1490. The standard InChI is InChI=1S/C28H21NO2/c1-28(2)22-10-4-6-12-24(22)29(25-13-7-5-11-23(25)28)18-15-16-20-21(17-18)19-9-3-8-14-26(19)31-27(20)30/h3-17H,1-2H3. The molecule has 1 aliphatic heterocycles. The van der Waals surface area contributed by atoms with E-state index in [0.29, 0.717) is 11.0 Å². The van der Waals surface area contributed by atoms with Crippen LogP contribution >= 0.6 is 0 Å². The molecule has 150 valence electrons. The van der Waals surface area contributed by atoms with Crippen molar-refractivity contribution in [2.45, 2.75) is 19.3 Å². The van der Waals surface area contributed by atoms with E-state index in [0.717, 1.165) is 27.8 Å². The molecule has 6 rings (SSSR count). The first-order valence-corrected chi connectivity index (χ1v) is 10.5. The van der Waals surface area contributed by atoms with Crippen LogP contribution in [0.4, 0.5) is 17.1 Å². The highest BCUT2D eigenvalue weighted by Crippen LogP contribution is 2.51. The van der Waals surface area contributed by atoms with Crippen molar-refractivity contribution in [3.8, 4) is 0 Å². The van der Waals surface area contributed by atoms with E-state index < -0.39 is 0 Å². The third-order valence-electron chi connectivity index (χ3n) is 6.50. The second-order valence-corrected chi connectivity index (χ2v) is 8.61. The minimum atomic E-state index is -0.305. The molecular formula is C28H21NO2. The third-order valence-corrected chi connectivity index (χ3v) is 6.50. The van der Waals surface area contributed by atoms with Crippen molar-refractivity contribution in [3.63, 3.8) is 0 Å². The number of nitrogens with zero attached hydrogens (tertiary/aromatic N) is 1. The summed E-state index contributed by atoms with van der Waals surface area (Å²) in [6.45, 7) is 4.56. The van der Waals surface area contributed by atoms with Crippen molar-refractivity contribution < 1.29 is 4.42 Å². The topological polar surface area (TPSA) is 33.5 Å². The molecule has 0 aliphatic carbocycles. The van der Waals surface area contributed by atoms with Crippen LogP contribution in [0.5, 0.6) is 0 Å². The van der Waals surface area contributed by atoms with Gasteiger partial charge in [-0.05, 0) is 47.5 Å². The number of hydrogen-bond donors (Lipinski definition) is 0. The highest BCUT2D eigenvalue weighted by Gasteiger charge is 2.36. The van der Waals surface area contributed by atoms with Crippen LogP contribution in [-0.4, -0.2) is 0 Å². The van der Waals surface area contributed by atoms with Crippen LogP contribution < -0.4 is 10.5 Å². The summed E-state index contributed by atoms with van der Waals surface area (Å²) in [5, 5.41) is 2.45. The largest absolute Gasteiger partial charge is 0.422 e. The number of hydrogen-bond acceptors (Lipinski definition) is 3. The summed E-state index contributed by atoms with van der Waals surface area (Å²) < 4.78 is 5.53. The van der Waals surface area contributed by atoms with Gasteiger partial charge in [-0.15, -0.1) is 0 Å². The van der Waals surface area contributed by atoms with Crippen LogP contribution in [0.15, 0.2) is 100 Å². The van der Waals surface area contributed by atoms with E-state index >= 15 is 0 Å². The molecule has 0 N–H and O–H groups in total. The van der Waals surface area contributed by atoms with E-state index in [1.807, 2.05) is 36.4 Å². The number of fused-ring (bicyclic) bond motifs is 5. The molecule has 0 fully saturated rings. The smallest absolute Gasteiger partial charge is 0.344 e. The molecule has 0 amide bonds. The van der Waals surface area contributed by atoms with E-state index in [2.05, 4.69) is 73.3 Å². The monoisotopic (exact) mass is 403 g/mol. The van der Waals surface area contributed by atoms with Crippen LogP contribution in [0.2, 0.25) is 0 Å². The quantitative estimate of drug-likeness (QED) is 0.222. The summed E-state index contributed by atoms with van der Waals surface area (Å²) in [7, 11) is 0. The first kappa shape index (κ1) is 18.0. The normalized spacial score (nSPS) is 14.5. The number of benzene rings is 4. The predicted octanol–water partition coefficient (Wildman–Crippen LogP) is 7.06. The summed E-state index contributed by atoms with van der Waals surface area (Å²) in [6.07, 6.45) is 0. The van der Waals surface area contributed by atoms with Crippen molar-refractivity contribution >= 4 is 38.8 Å². The van der Waals surface area contributed by atoms with Gasteiger partial charge in [0.25, 0.3) is 0 Å². The maximum absolute atomic E-state index is 12.6. The molecule has 0 saturated heterocycles. The van der Waals surface area contributed by atoms with Crippen LogP contribution in [0.1, 0.15) is 25.0 Å².